The number of hydrogen-bond acceptors (Lipinski definition) is 7. The van der Waals surface area contributed by atoms with Crippen molar-refractivity contribution in [2.75, 3.05) is 0 Å². The molecular formula is C23H15NO5S. The number of fused-ring (bicyclic) bond motifs is 6. The minimum absolute atomic E-state index is 0.0498. The molecule has 0 fully saturated rings. The average Bonchev–Trinajstić information content (AvgIpc) is 3.02. The van der Waals surface area contributed by atoms with Crippen molar-refractivity contribution in [3.05, 3.63) is 75.8 Å². The Morgan fingerprint density at radius 2 is 1.53 bits per heavy atom. The minimum Gasteiger partial charge on any atom is -0.508 e. The Hall–Kier alpha value is -3.67. The van der Waals surface area contributed by atoms with Gasteiger partial charge in [-0.2, -0.15) is 4.99 Å². The Kier molecular flexibility index (Phi) is 3.77. The lowest BCUT2D eigenvalue weighted by atomic mass is 9.76. The van der Waals surface area contributed by atoms with Crippen LogP contribution in [0, 0.1) is 13.8 Å². The number of phenolic OH excluding ortho intramolecular Hbond substituents is 2. The van der Waals surface area contributed by atoms with Gasteiger partial charge in [0.25, 0.3) is 0 Å². The van der Waals surface area contributed by atoms with Gasteiger partial charge in [-0.25, -0.2) is 4.79 Å². The van der Waals surface area contributed by atoms with Crippen molar-refractivity contribution in [2.24, 2.45) is 4.99 Å². The van der Waals surface area contributed by atoms with Crippen LogP contribution >= 0.6 is 12.2 Å². The summed E-state index contributed by atoms with van der Waals surface area (Å²) in [5.74, 6) is 0.300. The van der Waals surface area contributed by atoms with Crippen LogP contribution in [0.4, 0.5) is 5.69 Å². The van der Waals surface area contributed by atoms with E-state index in [2.05, 4.69) is 10.2 Å². The molecule has 0 unspecified atom stereocenters. The first-order chi connectivity index (χ1) is 14.4. The molecule has 1 spiro atoms. The van der Waals surface area contributed by atoms with E-state index in [1.807, 2.05) is 0 Å². The predicted octanol–water partition coefficient (Wildman–Crippen LogP) is 5.02. The molecule has 0 atom stereocenters. The molecule has 2 N–H and O–H groups in total. The lowest BCUT2D eigenvalue weighted by molar-refractivity contribution is 0.0223. The molecule has 7 heteroatoms. The fourth-order valence-electron chi connectivity index (χ4n) is 4.26. The summed E-state index contributed by atoms with van der Waals surface area (Å²) >= 11 is 4.74. The molecule has 148 valence electrons. The van der Waals surface area contributed by atoms with Gasteiger partial charge in [0, 0.05) is 27.8 Å². The predicted molar refractivity (Wildman–Crippen MR) is 112 cm³/mol. The Labute approximate surface area is 177 Å². The third kappa shape index (κ3) is 2.16. The van der Waals surface area contributed by atoms with Crippen molar-refractivity contribution < 1.29 is 24.5 Å². The summed E-state index contributed by atoms with van der Waals surface area (Å²) in [7, 11) is 0. The van der Waals surface area contributed by atoms with Crippen LogP contribution in [-0.4, -0.2) is 21.3 Å². The van der Waals surface area contributed by atoms with Gasteiger partial charge in [-0.1, -0.05) is 12.1 Å². The fraction of sp³-hybridized carbons (Fsp3) is 0.130. The number of benzene rings is 3. The molecule has 0 radical (unpaired) electrons. The molecule has 0 aromatic heterocycles. The first kappa shape index (κ1) is 18.4. The van der Waals surface area contributed by atoms with Crippen molar-refractivity contribution in [2.45, 2.75) is 19.4 Å². The van der Waals surface area contributed by atoms with Gasteiger partial charge in [0.2, 0.25) is 0 Å². The molecule has 2 aliphatic rings. The zero-order valence-corrected chi connectivity index (χ0v) is 16.8. The molecule has 5 rings (SSSR count). The maximum absolute atomic E-state index is 13.1. The Balaban J connectivity index is 1.96. The minimum atomic E-state index is -1.32. The summed E-state index contributed by atoms with van der Waals surface area (Å²) in [5, 5.41) is 22.8. The first-order valence-corrected chi connectivity index (χ1v) is 9.59. The van der Waals surface area contributed by atoms with Crippen molar-refractivity contribution in [3.63, 3.8) is 0 Å². The van der Waals surface area contributed by atoms with E-state index in [1.165, 1.54) is 0 Å². The van der Waals surface area contributed by atoms with Crippen LogP contribution in [-0.2, 0) is 10.3 Å². The van der Waals surface area contributed by atoms with Crippen LogP contribution in [0.3, 0.4) is 0 Å². The Morgan fingerprint density at radius 3 is 2.10 bits per heavy atom. The molecule has 3 aromatic rings. The van der Waals surface area contributed by atoms with Gasteiger partial charge in [0.1, 0.15) is 23.0 Å². The van der Waals surface area contributed by atoms with Crippen LogP contribution in [0.5, 0.6) is 23.0 Å². The molecule has 3 aromatic carbocycles. The topological polar surface area (TPSA) is 88.4 Å². The molecule has 0 saturated heterocycles. The van der Waals surface area contributed by atoms with Crippen LogP contribution < -0.4 is 4.74 Å². The number of nitrogens with zero attached hydrogens (tertiary/aromatic N) is 1. The highest BCUT2D eigenvalue weighted by Gasteiger charge is 2.55. The third-order valence-corrected chi connectivity index (χ3v) is 5.85. The van der Waals surface area contributed by atoms with E-state index in [1.54, 1.807) is 56.3 Å². The van der Waals surface area contributed by atoms with Crippen LogP contribution in [0.2, 0.25) is 0 Å². The maximum Gasteiger partial charge on any atom is 0.342 e. The quantitative estimate of drug-likeness (QED) is 0.328. The molecule has 0 amide bonds. The summed E-state index contributed by atoms with van der Waals surface area (Å²) in [4.78, 5) is 17.1. The van der Waals surface area contributed by atoms with E-state index < -0.39 is 11.6 Å². The molecule has 2 aliphatic heterocycles. The number of esters is 1. The lowest BCUT2D eigenvalue weighted by Gasteiger charge is -2.37. The Bertz CT molecular complexity index is 1270. The van der Waals surface area contributed by atoms with Gasteiger partial charge in [-0.05, 0) is 56.4 Å². The maximum atomic E-state index is 13.1. The van der Waals surface area contributed by atoms with Crippen LogP contribution in [0.15, 0.2) is 47.5 Å². The number of carbonyl (C=O) groups is 1. The van der Waals surface area contributed by atoms with Crippen molar-refractivity contribution in [3.8, 4) is 23.0 Å². The summed E-state index contributed by atoms with van der Waals surface area (Å²) in [5.41, 5.74) is 2.07. The van der Waals surface area contributed by atoms with Crippen LogP contribution in [0.1, 0.15) is 38.2 Å². The number of carbonyl (C=O) groups excluding carboxylic acids is 1. The van der Waals surface area contributed by atoms with Crippen LogP contribution in [0.25, 0.3) is 0 Å². The van der Waals surface area contributed by atoms with E-state index in [-0.39, 0.29) is 11.5 Å². The number of ether oxygens (including phenoxy) is 2. The average molecular weight is 417 g/mol. The molecule has 6 nitrogen and oxygen atoms in total. The smallest absolute Gasteiger partial charge is 0.342 e. The van der Waals surface area contributed by atoms with Gasteiger partial charge in [0.05, 0.1) is 16.4 Å². The second kappa shape index (κ2) is 6.16. The van der Waals surface area contributed by atoms with Gasteiger partial charge < -0.3 is 19.7 Å². The second-order valence-electron chi connectivity index (χ2n) is 7.25. The van der Waals surface area contributed by atoms with Gasteiger partial charge in [-0.15, -0.1) is 0 Å². The Morgan fingerprint density at radius 1 is 0.933 bits per heavy atom. The normalized spacial score (nSPS) is 14.8. The highest BCUT2D eigenvalue weighted by molar-refractivity contribution is 7.78. The number of aromatic hydroxyl groups is 2. The molecule has 0 bridgehead atoms. The SMILES string of the molecule is Cc1c(O)ccc2c1Oc1c(ccc(O)c1C)C21OC(=O)c2c(N=C=S)cccc21. The van der Waals surface area contributed by atoms with Gasteiger partial charge in [-0.3, -0.25) is 0 Å². The van der Waals surface area contributed by atoms with Crippen molar-refractivity contribution >= 4 is 29.0 Å². The summed E-state index contributed by atoms with van der Waals surface area (Å²) in [6.45, 7) is 3.44. The number of aliphatic imine (C=N–C) groups is 1. The molecule has 0 aliphatic carbocycles. The number of rotatable bonds is 1. The fourth-order valence-corrected chi connectivity index (χ4v) is 4.36. The highest BCUT2D eigenvalue weighted by atomic mass is 32.1. The molecular weight excluding hydrogens is 402 g/mol. The van der Waals surface area contributed by atoms with E-state index in [0.717, 1.165) is 0 Å². The van der Waals surface area contributed by atoms with E-state index in [4.69, 9.17) is 21.7 Å². The lowest BCUT2D eigenvalue weighted by Crippen LogP contribution is -2.33. The monoisotopic (exact) mass is 417 g/mol. The summed E-state index contributed by atoms with van der Waals surface area (Å²) in [6, 6.07) is 11.7. The van der Waals surface area contributed by atoms with Crippen molar-refractivity contribution in [1.29, 1.82) is 0 Å². The van der Waals surface area contributed by atoms with Crippen molar-refractivity contribution in [1.82, 2.24) is 0 Å². The third-order valence-electron chi connectivity index (χ3n) is 5.76. The van der Waals surface area contributed by atoms with E-state index in [9.17, 15) is 15.0 Å². The number of hydrogen-bond donors (Lipinski definition) is 2. The van der Waals surface area contributed by atoms with E-state index >= 15 is 0 Å². The molecule has 2 heterocycles. The largest absolute Gasteiger partial charge is 0.508 e. The highest BCUT2D eigenvalue weighted by Crippen LogP contribution is 2.59. The second-order valence-corrected chi connectivity index (χ2v) is 7.43. The van der Waals surface area contributed by atoms with Gasteiger partial charge in [0.15, 0.2) is 5.60 Å². The molecule has 30 heavy (non-hydrogen) atoms. The first-order valence-electron chi connectivity index (χ1n) is 9.18. The number of thiocarbonyl (C=S) groups is 1. The summed E-state index contributed by atoms with van der Waals surface area (Å²) < 4.78 is 12.2. The number of isothiocyanates is 1. The van der Waals surface area contributed by atoms with Gasteiger partial charge >= 0.3 is 5.97 Å². The zero-order chi connectivity index (χ0) is 21.2. The van der Waals surface area contributed by atoms with E-state index in [0.29, 0.717) is 50.6 Å². The summed E-state index contributed by atoms with van der Waals surface area (Å²) in [6.07, 6.45) is 0. The number of phenols is 2. The molecule has 0 saturated carbocycles. The zero-order valence-electron chi connectivity index (χ0n) is 16.0. The standard InChI is InChI=1S/C23H15NO5S/c1-11-17(25)8-6-14-20(11)28-21-12(2)18(26)9-7-15(21)23(14)13-4-3-5-16(24-10-30)19(13)22(27)29-23/h3-9,25-26H,1-2H3.